The normalized spacial score (nSPS) is 18.2. The first-order valence-corrected chi connectivity index (χ1v) is 6.96. The van der Waals surface area contributed by atoms with Crippen molar-refractivity contribution in [2.45, 2.75) is 32.4 Å². The lowest BCUT2D eigenvalue weighted by Gasteiger charge is -2.31. The molecule has 0 radical (unpaired) electrons. The minimum atomic E-state index is -0.221. The summed E-state index contributed by atoms with van der Waals surface area (Å²) in [6.45, 7) is 6.17. The fraction of sp³-hybridized carbons (Fsp3) is 0.571. The highest BCUT2D eigenvalue weighted by Gasteiger charge is 2.17. The van der Waals surface area contributed by atoms with Gasteiger partial charge in [-0.3, -0.25) is 0 Å². The van der Waals surface area contributed by atoms with Crippen LogP contribution in [0, 0.1) is 5.82 Å². The second kappa shape index (κ2) is 6.50. The van der Waals surface area contributed by atoms with E-state index < -0.39 is 0 Å². The molecule has 1 aromatic rings. The Morgan fingerprint density at radius 2 is 2.11 bits per heavy atom. The zero-order chi connectivity index (χ0) is 13.0. The number of likely N-dealkylation sites (tertiary alicyclic amines) is 1. The number of benzene rings is 1. The van der Waals surface area contributed by atoms with Gasteiger partial charge in [0.25, 0.3) is 0 Å². The fourth-order valence-electron chi connectivity index (χ4n) is 2.37. The number of piperidine rings is 1. The molecule has 0 bridgehead atoms. The third-order valence-corrected chi connectivity index (χ3v) is 3.87. The lowest BCUT2D eigenvalue weighted by molar-refractivity contribution is 0.205. The minimum absolute atomic E-state index is 0.221. The van der Waals surface area contributed by atoms with Crippen LogP contribution >= 0.6 is 11.6 Å². The topological polar surface area (TPSA) is 15.3 Å². The van der Waals surface area contributed by atoms with Crippen LogP contribution in [0.15, 0.2) is 18.2 Å². The molecule has 1 saturated heterocycles. The van der Waals surface area contributed by atoms with E-state index in [1.807, 2.05) is 0 Å². The van der Waals surface area contributed by atoms with E-state index in [0.717, 1.165) is 32.5 Å². The Morgan fingerprint density at radius 3 is 2.72 bits per heavy atom. The van der Waals surface area contributed by atoms with Gasteiger partial charge in [0.2, 0.25) is 0 Å². The molecule has 0 aromatic heterocycles. The number of hydrogen-bond acceptors (Lipinski definition) is 2. The standard InChI is InChI=1S/C14H20ClFN2/c1-2-18-7-5-13(6-8-18)17-10-11-3-4-12(15)9-14(11)16/h3-4,9,13,17H,2,5-8,10H2,1H3. The Labute approximate surface area is 113 Å². The molecule has 100 valence electrons. The fourth-order valence-corrected chi connectivity index (χ4v) is 2.53. The highest BCUT2D eigenvalue weighted by Crippen LogP contribution is 2.16. The van der Waals surface area contributed by atoms with Crippen LogP contribution in [-0.2, 0) is 6.54 Å². The van der Waals surface area contributed by atoms with Gasteiger partial charge in [0.15, 0.2) is 0 Å². The summed E-state index contributed by atoms with van der Waals surface area (Å²) in [7, 11) is 0. The van der Waals surface area contributed by atoms with Gasteiger partial charge in [-0.2, -0.15) is 0 Å². The first-order chi connectivity index (χ1) is 8.69. The van der Waals surface area contributed by atoms with E-state index in [0.29, 0.717) is 23.2 Å². The van der Waals surface area contributed by atoms with Crippen molar-refractivity contribution >= 4 is 11.6 Å². The highest BCUT2D eigenvalue weighted by molar-refractivity contribution is 6.30. The van der Waals surface area contributed by atoms with Crippen molar-refractivity contribution in [3.63, 3.8) is 0 Å². The SMILES string of the molecule is CCN1CCC(NCc2ccc(Cl)cc2F)CC1. The minimum Gasteiger partial charge on any atom is -0.310 e. The van der Waals surface area contributed by atoms with E-state index in [-0.39, 0.29) is 5.82 Å². The Bertz CT molecular complexity index is 389. The molecule has 4 heteroatoms. The van der Waals surface area contributed by atoms with Crippen molar-refractivity contribution < 1.29 is 4.39 Å². The molecular formula is C14H20ClFN2. The summed E-state index contributed by atoms with van der Waals surface area (Å²) in [6.07, 6.45) is 2.28. The summed E-state index contributed by atoms with van der Waals surface area (Å²) in [5, 5.41) is 3.88. The Morgan fingerprint density at radius 1 is 1.39 bits per heavy atom. The maximum atomic E-state index is 13.6. The molecule has 1 heterocycles. The van der Waals surface area contributed by atoms with E-state index in [1.54, 1.807) is 12.1 Å². The molecule has 0 saturated carbocycles. The van der Waals surface area contributed by atoms with Crippen molar-refractivity contribution in [1.29, 1.82) is 0 Å². The molecule has 2 nitrogen and oxygen atoms in total. The number of nitrogens with one attached hydrogen (secondary N) is 1. The van der Waals surface area contributed by atoms with Gasteiger partial charge in [0, 0.05) is 23.2 Å². The van der Waals surface area contributed by atoms with E-state index in [9.17, 15) is 4.39 Å². The van der Waals surface area contributed by atoms with Crippen molar-refractivity contribution in [3.8, 4) is 0 Å². The van der Waals surface area contributed by atoms with Crippen molar-refractivity contribution in [3.05, 3.63) is 34.6 Å². The van der Waals surface area contributed by atoms with Gasteiger partial charge in [0.1, 0.15) is 5.82 Å². The summed E-state index contributed by atoms with van der Waals surface area (Å²) in [5.74, 6) is -0.221. The quantitative estimate of drug-likeness (QED) is 0.905. The average Bonchev–Trinajstić information content (AvgIpc) is 2.38. The second-order valence-electron chi connectivity index (χ2n) is 4.83. The maximum absolute atomic E-state index is 13.6. The smallest absolute Gasteiger partial charge is 0.129 e. The summed E-state index contributed by atoms with van der Waals surface area (Å²) < 4.78 is 13.6. The zero-order valence-corrected chi connectivity index (χ0v) is 11.5. The van der Waals surface area contributed by atoms with Crippen LogP contribution in [0.25, 0.3) is 0 Å². The van der Waals surface area contributed by atoms with Crippen LogP contribution in [0.5, 0.6) is 0 Å². The third kappa shape index (κ3) is 3.67. The molecule has 0 atom stereocenters. The number of halogens is 2. The van der Waals surface area contributed by atoms with Crippen molar-refractivity contribution in [2.24, 2.45) is 0 Å². The van der Waals surface area contributed by atoms with Gasteiger partial charge in [-0.25, -0.2) is 4.39 Å². The van der Waals surface area contributed by atoms with Gasteiger partial charge >= 0.3 is 0 Å². The summed E-state index contributed by atoms with van der Waals surface area (Å²) in [6, 6.07) is 5.37. The first-order valence-electron chi connectivity index (χ1n) is 6.58. The molecule has 1 fully saturated rings. The molecule has 0 unspecified atom stereocenters. The number of rotatable bonds is 4. The van der Waals surface area contributed by atoms with Crippen LogP contribution in [0.1, 0.15) is 25.3 Å². The molecule has 1 aromatic carbocycles. The molecule has 0 aliphatic carbocycles. The lowest BCUT2D eigenvalue weighted by Crippen LogP contribution is -2.42. The van der Waals surface area contributed by atoms with Crippen LogP contribution in [-0.4, -0.2) is 30.6 Å². The van der Waals surface area contributed by atoms with Crippen LogP contribution in [0.4, 0.5) is 4.39 Å². The number of hydrogen-bond donors (Lipinski definition) is 1. The van der Waals surface area contributed by atoms with Gasteiger partial charge in [-0.1, -0.05) is 24.6 Å². The zero-order valence-electron chi connectivity index (χ0n) is 10.8. The predicted octanol–water partition coefficient (Wildman–Crippen LogP) is 3.05. The molecule has 18 heavy (non-hydrogen) atoms. The molecule has 0 amide bonds. The second-order valence-corrected chi connectivity index (χ2v) is 5.26. The van der Waals surface area contributed by atoms with Gasteiger partial charge < -0.3 is 10.2 Å². The Balaban J connectivity index is 1.81. The van der Waals surface area contributed by atoms with E-state index in [1.165, 1.54) is 6.07 Å². The molecule has 0 spiro atoms. The first kappa shape index (κ1) is 13.8. The van der Waals surface area contributed by atoms with E-state index in [2.05, 4.69) is 17.1 Å². The van der Waals surface area contributed by atoms with Crippen molar-refractivity contribution in [1.82, 2.24) is 10.2 Å². The van der Waals surface area contributed by atoms with Gasteiger partial charge in [0.05, 0.1) is 0 Å². The van der Waals surface area contributed by atoms with Gasteiger partial charge in [-0.15, -0.1) is 0 Å². The summed E-state index contributed by atoms with van der Waals surface area (Å²) in [4.78, 5) is 2.45. The van der Waals surface area contributed by atoms with E-state index >= 15 is 0 Å². The molecule has 2 rings (SSSR count). The molecule has 1 N–H and O–H groups in total. The maximum Gasteiger partial charge on any atom is 0.129 e. The monoisotopic (exact) mass is 270 g/mol. The predicted molar refractivity (Wildman–Crippen MR) is 73.4 cm³/mol. The Kier molecular flexibility index (Phi) is 4.98. The van der Waals surface area contributed by atoms with Crippen LogP contribution < -0.4 is 5.32 Å². The third-order valence-electron chi connectivity index (χ3n) is 3.63. The number of nitrogens with zero attached hydrogens (tertiary/aromatic N) is 1. The Hall–Kier alpha value is -0.640. The highest BCUT2D eigenvalue weighted by atomic mass is 35.5. The summed E-state index contributed by atoms with van der Waals surface area (Å²) in [5.41, 5.74) is 0.692. The van der Waals surface area contributed by atoms with Crippen LogP contribution in [0.3, 0.4) is 0 Å². The molecule has 1 aliphatic heterocycles. The molecular weight excluding hydrogens is 251 g/mol. The molecule has 1 aliphatic rings. The summed E-state index contributed by atoms with van der Waals surface area (Å²) >= 11 is 5.73. The lowest BCUT2D eigenvalue weighted by atomic mass is 10.0. The van der Waals surface area contributed by atoms with Crippen LogP contribution in [0.2, 0.25) is 5.02 Å². The average molecular weight is 271 g/mol. The van der Waals surface area contributed by atoms with E-state index in [4.69, 9.17) is 11.6 Å². The largest absolute Gasteiger partial charge is 0.310 e. The van der Waals surface area contributed by atoms with Crippen molar-refractivity contribution in [2.75, 3.05) is 19.6 Å². The van der Waals surface area contributed by atoms with Gasteiger partial charge in [-0.05, 0) is 44.6 Å².